The molecule has 23 heavy (non-hydrogen) atoms. The Bertz CT molecular complexity index is 489. The van der Waals surface area contributed by atoms with Gasteiger partial charge in [-0.1, -0.05) is 12.1 Å². The van der Waals surface area contributed by atoms with Crippen molar-refractivity contribution in [2.75, 3.05) is 45.8 Å². The SMILES string of the molecule is FC(F)(F)c1ccc(C(CN2CCCC2)N2CCNCC2)cc1. The van der Waals surface area contributed by atoms with Gasteiger partial charge in [-0.25, -0.2) is 0 Å². The molecule has 0 amide bonds. The molecular formula is C17H24F3N3. The molecule has 0 aliphatic carbocycles. The van der Waals surface area contributed by atoms with Crippen LogP contribution >= 0.6 is 0 Å². The van der Waals surface area contributed by atoms with Gasteiger partial charge >= 0.3 is 6.18 Å². The van der Waals surface area contributed by atoms with E-state index in [0.717, 1.165) is 51.4 Å². The first-order valence-electron chi connectivity index (χ1n) is 8.38. The summed E-state index contributed by atoms with van der Waals surface area (Å²) in [5, 5.41) is 3.34. The van der Waals surface area contributed by atoms with Crippen molar-refractivity contribution >= 4 is 0 Å². The zero-order valence-electron chi connectivity index (χ0n) is 13.3. The largest absolute Gasteiger partial charge is 0.416 e. The Kier molecular flexibility index (Phi) is 5.24. The van der Waals surface area contributed by atoms with Crippen LogP contribution in [0.25, 0.3) is 0 Å². The number of piperazine rings is 1. The molecule has 2 aliphatic rings. The lowest BCUT2D eigenvalue weighted by molar-refractivity contribution is -0.137. The highest BCUT2D eigenvalue weighted by molar-refractivity contribution is 5.27. The van der Waals surface area contributed by atoms with Crippen LogP contribution in [0.15, 0.2) is 24.3 Å². The molecule has 2 heterocycles. The number of benzene rings is 1. The number of hydrogen-bond donors (Lipinski definition) is 1. The van der Waals surface area contributed by atoms with E-state index in [1.54, 1.807) is 12.1 Å². The smallest absolute Gasteiger partial charge is 0.314 e. The van der Waals surface area contributed by atoms with E-state index >= 15 is 0 Å². The molecule has 2 aliphatic heterocycles. The van der Waals surface area contributed by atoms with E-state index in [4.69, 9.17) is 0 Å². The normalized spacial score (nSPS) is 22.4. The third-order valence-corrected chi connectivity index (χ3v) is 4.84. The maximum atomic E-state index is 12.8. The molecule has 0 spiro atoms. The van der Waals surface area contributed by atoms with Crippen molar-refractivity contribution in [3.05, 3.63) is 35.4 Å². The minimum absolute atomic E-state index is 0.178. The van der Waals surface area contributed by atoms with Gasteiger partial charge in [0.1, 0.15) is 0 Å². The van der Waals surface area contributed by atoms with Crippen molar-refractivity contribution in [1.29, 1.82) is 0 Å². The molecule has 1 atom stereocenters. The Labute approximate surface area is 135 Å². The van der Waals surface area contributed by atoms with Crippen LogP contribution in [0, 0.1) is 0 Å². The van der Waals surface area contributed by atoms with Crippen LogP contribution in [0.2, 0.25) is 0 Å². The van der Waals surface area contributed by atoms with Crippen LogP contribution in [0.3, 0.4) is 0 Å². The van der Waals surface area contributed by atoms with Gasteiger partial charge < -0.3 is 10.2 Å². The molecule has 2 fully saturated rings. The zero-order valence-corrected chi connectivity index (χ0v) is 13.3. The summed E-state index contributed by atoms with van der Waals surface area (Å²) in [5.74, 6) is 0. The summed E-state index contributed by atoms with van der Waals surface area (Å²) in [6.45, 7) is 6.88. The molecule has 1 unspecified atom stereocenters. The molecule has 6 heteroatoms. The first-order chi connectivity index (χ1) is 11.0. The predicted octanol–water partition coefficient (Wildman–Crippen LogP) is 2.75. The van der Waals surface area contributed by atoms with E-state index in [-0.39, 0.29) is 6.04 Å². The van der Waals surface area contributed by atoms with Crippen LogP contribution in [0.4, 0.5) is 13.2 Å². The van der Waals surface area contributed by atoms with E-state index in [9.17, 15) is 13.2 Å². The van der Waals surface area contributed by atoms with E-state index in [2.05, 4.69) is 15.1 Å². The van der Waals surface area contributed by atoms with Crippen molar-refractivity contribution < 1.29 is 13.2 Å². The van der Waals surface area contributed by atoms with Gasteiger partial charge in [0, 0.05) is 38.8 Å². The summed E-state index contributed by atoms with van der Waals surface area (Å²) in [6, 6.07) is 5.93. The van der Waals surface area contributed by atoms with Crippen molar-refractivity contribution in [3.8, 4) is 0 Å². The second-order valence-electron chi connectivity index (χ2n) is 6.43. The minimum Gasteiger partial charge on any atom is -0.314 e. The lowest BCUT2D eigenvalue weighted by Gasteiger charge is -2.37. The first-order valence-corrected chi connectivity index (χ1v) is 8.38. The van der Waals surface area contributed by atoms with Crippen LogP contribution in [-0.2, 0) is 6.18 Å². The van der Waals surface area contributed by atoms with Crippen molar-refractivity contribution in [2.45, 2.75) is 25.1 Å². The highest BCUT2D eigenvalue weighted by Crippen LogP contribution is 2.31. The standard InChI is InChI=1S/C17H24F3N3/c18-17(19,20)15-5-3-14(4-6-15)16(13-22-9-1-2-10-22)23-11-7-21-8-12-23/h3-6,16,21H,1-2,7-13H2. The number of likely N-dealkylation sites (tertiary alicyclic amines) is 1. The van der Waals surface area contributed by atoms with Gasteiger partial charge in [0.2, 0.25) is 0 Å². The van der Waals surface area contributed by atoms with E-state index < -0.39 is 11.7 Å². The molecule has 3 nitrogen and oxygen atoms in total. The summed E-state index contributed by atoms with van der Waals surface area (Å²) >= 11 is 0. The number of hydrogen-bond acceptors (Lipinski definition) is 3. The quantitative estimate of drug-likeness (QED) is 0.917. The zero-order chi connectivity index (χ0) is 16.3. The van der Waals surface area contributed by atoms with E-state index in [1.165, 1.54) is 25.0 Å². The molecule has 0 saturated carbocycles. The molecule has 1 N–H and O–H groups in total. The Morgan fingerprint density at radius 1 is 0.957 bits per heavy atom. The minimum atomic E-state index is -4.27. The maximum Gasteiger partial charge on any atom is 0.416 e. The van der Waals surface area contributed by atoms with Crippen LogP contribution in [-0.4, -0.2) is 55.6 Å². The highest BCUT2D eigenvalue weighted by atomic mass is 19.4. The number of halogens is 3. The second-order valence-corrected chi connectivity index (χ2v) is 6.43. The second kappa shape index (κ2) is 7.20. The summed E-state index contributed by atoms with van der Waals surface area (Å²) in [5.41, 5.74) is 0.424. The molecule has 2 saturated heterocycles. The lowest BCUT2D eigenvalue weighted by atomic mass is 10.0. The van der Waals surface area contributed by atoms with Gasteiger partial charge in [-0.15, -0.1) is 0 Å². The van der Waals surface area contributed by atoms with E-state index in [1.807, 2.05) is 0 Å². The van der Waals surface area contributed by atoms with Crippen molar-refractivity contribution in [2.24, 2.45) is 0 Å². The summed E-state index contributed by atoms with van der Waals surface area (Å²) in [7, 11) is 0. The predicted molar refractivity (Wildman–Crippen MR) is 84.3 cm³/mol. The summed E-state index contributed by atoms with van der Waals surface area (Å²) in [6.07, 6.45) is -1.82. The van der Waals surface area contributed by atoms with Crippen molar-refractivity contribution in [3.63, 3.8) is 0 Å². The maximum absolute atomic E-state index is 12.8. The Balaban J connectivity index is 1.78. The number of nitrogens with one attached hydrogen (secondary N) is 1. The van der Waals surface area contributed by atoms with Gasteiger partial charge in [0.05, 0.1) is 5.56 Å². The summed E-state index contributed by atoms with van der Waals surface area (Å²) in [4.78, 5) is 4.84. The Hall–Kier alpha value is -1.11. The average molecular weight is 327 g/mol. The van der Waals surface area contributed by atoms with Crippen LogP contribution < -0.4 is 5.32 Å². The van der Waals surface area contributed by atoms with Crippen molar-refractivity contribution in [1.82, 2.24) is 15.1 Å². The lowest BCUT2D eigenvalue weighted by Crippen LogP contribution is -2.47. The Morgan fingerprint density at radius 2 is 1.57 bits per heavy atom. The molecule has 0 bridgehead atoms. The Morgan fingerprint density at radius 3 is 2.13 bits per heavy atom. The molecule has 0 radical (unpaired) electrons. The van der Waals surface area contributed by atoms with Gasteiger partial charge in [0.25, 0.3) is 0 Å². The van der Waals surface area contributed by atoms with Gasteiger partial charge in [0.15, 0.2) is 0 Å². The topological polar surface area (TPSA) is 18.5 Å². The fraction of sp³-hybridized carbons (Fsp3) is 0.647. The third-order valence-electron chi connectivity index (χ3n) is 4.84. The third kappa shape index (κ3) is 4.25. The van der Waals surface area contributed by atoms with Crippen LogP contribution in [0.1, 0.15) is 30.0 Å². The van der Waals surface area contributed by atoms with E-state index in [0.29, 0.717) is 0 Å². The highest BCUT2D eigenvalue weighted by Gasteiger charge is 2.31. The van der Waals surface area contributed by atoms with Gasteiger partial charge in [-0.05, 0) is 43.6 Å². The average Bonchev–Trinajstić information content (AvgIpc) is 3.06. The summed E-state index contributed by atoms with van der Waals surface area (Å²) < 4.78 is 38.3. The number of alkyl halides is 3. The first kappa shape index (κ1) is 16.7. The fourth-order valence-electron chi connectivity index (χ4n) is 3.53. The van der Waals surface area contributed by atoms with Crippen LogP contribution in [0.5, 0.6) is 0 Å². The number of rotatable bonds is 4. The molecule has 1 aromatic carbocycles. The monoisotopic (exact) mass is 327 g/mol. The van der Waals surface area contributed by atoms with Gasteiger partial charge in [-0.3, -0.25) is 4.90 Å². The molecular weight excluding hydrogens is 303 g/mol. The molecule has 1 aromatic rings. The number of nitrogens with zero attached hydrogens (tertiary/aromatic N) is 2. The van der Waals surface area contributed by atoms with Gasteiger partial charge in [-0.2, -0.15) is 13.2 Å². The molecule has 128 valence electrons. The molecule has 3 rings (SSSR count). The molecule has 0 aromatic heterocycles. The fourth-order valence-corrected chi connectivity index (χ4v) is 3.53.